The summed E-state index contributed by atoms with van der Waals surface area (Å²) in [6.07, 6.45) is 9.94. The molecule has 3 heteroatoms. The molecule has 0 spiro atoms. The maximum atomic E-state index is 5.03. The lowest BCUT2D eigenvalue weighted by atomic mass is 9.97. The van der Waals surface area contributed by atoms with Crippen LogP contribution in [-0.4, -0.2) is 16.1 Å². The molecule has 5 rings (SSSR count). The largest absolute Gasteiger partial charge is 0.331 e. The van der Waals surface area contributed by atoms with E-state index in [1.54, 1.807) is 5.69 Å². The average Bonchev–Trinajstić information content (AvgIpc) is 3.35. The summed E-state index contributed by atoms with van der Waals surface area (Å²) < 4.78 is 2.69. The van der Waals surface area contributed by atoms with Crippen LogP contribution in [0.3, 0.4) is 0 Å². The van der Waals surface area contributed by atoms with Crippen molar-refractivity contribution in [3.63, 3.8) is 0 Å². The third kappa shape index (κ3) is 2.02. The molecule has 0 saturated heterocycles. The predicted octanol–water partition coefficient (Wildman–Crippen LogP) is 2.84. The van der Waals surface area contributed by atoms with E-state index in [-0.39, 0.29) is 0 Å². The van der Waals surface area contributed by atoms with E-state index in [0.717, 1.165) is 36.8 Å². The molecule has 4 aliphatic rings. The van der Waals surface area contributed by atoms with Gasteiger partial charge in [0.2, 0.25) is 0 Å². The summed E-state index contributed by atoms with van der Waals surface area (Å²) in [5.41, 5.74) is 2.94. The molecule has 0 aromatic carbocycles. The third-order valence-corrected chi connectivity index (χ3v) is 5.81. The summed E-state index contributed by atoms with van der Waals surface area (Å²) in [5.74, 6) is 5.31. The Balaban J connectivity index is 1.49. The summed E-state index contributed by atoms with van der Waals surface area (Å²) >= 11 is 0. The second-order valence-electron chi connectivity index (χ2n) is 7.51. The quantitative estimate of drug-likeness (QED) is 0.892. The average molecular weight is 271 g/mol. The lowest BCUT2D eigenvalue weighted by Crippen LogP contribution is -2.26. The second-order valence-corrected chi connectivity index (χ2v) is 7.51. The van der Waals surface area contributed by atoms with E-state index >= 15 is 0 Å². The van der Waals surface area contributed by atoms with E-state index in [2.05, 4.69) is 9.88 Å². The number of fused-ring (bicyclic) bond motifs is 1. The summed E-state index contributed by atoms with van der Waals surface area (Å²) in [4.78, 5) is 5.03. The number of nitrogens with zero attached hydrogens (tertiary/aromatic N) is 2. The predicted molar refractivity (Wildman–Crippen MR) is 78.6 cm³/mol. The van der Waals surface area contributed by atoms with Crippen molar-refractivity contribution in [2.24, 2.45) is 17.8 Å². The third-order valence-electron chi connectivity index (χ3n) is 5.81. The number of rotatable bonds is 5. The lowest BCUT2D eigenvalue weighted by molar-refractivity contribution is 0.338. The van der Waals surface area contributed by atoms with Gasteiger partial charge in [-0.05, 0) is 56.3 Å². The zero-order valence-electron chi connectivity index (χ0n) is 12.3. The Kier molecular flexibility index (Phi) is 2.55. The van der Waals surface area contributed by atoms with Crippen molar-refractivity contribution in [3.8, 4) is 0 Å². The van der Waals surface area contributed by atoms with Gasteiger partial charge in [0, 0.05) is 37.7 Å². The Labute approximate surface area is 121 Å². The Morgan fingerprint density at radius 1 is 1.10 bits per heavy atom. The highest BCUT2D eigenvalue weighted by Gasteiger charge is 2.42. The summed E-state index contributed by atoms with van der Waals surface area (Å²) in [5, 5.41) is 3.49. The van der Waals surface area contributed by atoms with E-state index in [9.17, 15) is 0 Å². The highest BCUT2D eigenvalue weighted by Crippen LogP contribution is 2.51. The van der Waals surface area contributed by atoms with Gasteiger partial charge in [-0.3, -0.25) is 0 Å². The van der Waals surface area contributed by atoms with Crippen LogP contribution in [0.15, 0.2) is 0 Å². The van der Waals surface area contributed by atoms with Gasteiger partial charge in [0.05, 0.1) is 5.69 Å². The van der Waals surface area contributed by atoms with Gasteiger partial charge >= 0.3 is 0 Å². The van der Waals surface area contributed by atoms with Crippen molar-refractivity contribution in [2.45, 2.75) is 64.0 Å². The maximum absolute atomic E-state index is 5.03. The molecular formula is C17H25N3. The molecule has 0 bridgehead atoms. The Bertz CT molecular complexity index is 509. The first-order valence-corrected chi connectivity index (χ1v) is 8.69. The number of imidazole rings is 1. The fourth-order valence-electron chi connectivity index (χ4n) is 4.19. The van der Waals surface area contributed by atoms with Crippen LogP contribution in [0.2, 0.25) is 0 Å². The fraction of sp³-hybridized carbons (Fsp3) is 0.824. The minimum Gasteiger partial charge on any atom is -0.331 e. The highest BCUT2D eigenvalue weighted by atomic mass is 15.1. The van der Waals surface area contributed by atoms with Crippen LogP contribution in [0.5, 0.6) is 0 Å². The molecule has 2 heterocycles. The van der Waals surface area contributed by atoms with Crippen molar-refractivity contribution >= 4 is 0 Å². The Morgan fingerprint density at radius 3 is 2.50 bits per heavy atom. The van der Waals surface area contributed by atoms with E-state index in [0.29, 0.717) is 0 Å². The molecule has 20 heavy (non-hydrogen) atoms. The van der Waals surface area contributed by atoms with Crippen molar-refractivity contribution in [1.29, 1.82) is 0 Å². The van der Waals surface area contributed by atoms with Gasteiger partial charge in [-0.1, -0.05) is 0 Å². The molecule has 0 unspecified atom stereocenters. The van der Waals surface area contributed by atoms with Crippen LogP contribution in [0, 0.1) is 17.8 Å². The van der Waals surface area contributed by atoms with Gasteiger partial charge in [-0.2, -0.15) is 0 Å². The molecule has 1 aromatic heterocycles. The molecule has 0 radical (unpaired) electrons. The molecule has 1 aromatic rings. The number of hydrogen-bond donors (Lipinski definition) is 1. The van der Waals surface area contributed by atoms with Gasteiger partial charge in [-0.25, -0.2) is 4.98 Å². The highest BCUT2D eigenvalue weighted by molar-refractivity contribution is 5.24. The van der Waals surface area contributed by atoms with Gasteiger partial charge in [-0.15, -0.1) is 0 Å². The van der Waals surface area contributed by atoms with Crippen molar-refractivity contribution in [2.75, 3.05) is 6.54 Å². The van der Waals surface area contributed by atoms with Crippen LogP contribution in [-0.2, 0) is 19.5 Å². The van der Waals surface area contributed by atoms with E-state index < -0.39 is 0 Å². The molecule has 3 saturated carbocycles. The van der Waals surface area contributed by atoms with Crippen LogP contribution in [0.4, 0.5) is 0 Å². The molecule has 108 valence electrons. The van der Waals surface area contributed by atoms with Crippen molar-refractivity contribution in [1.82, 2.24) is 14.9 Å². The van der Waals surface area contributed by atoms with Crippen molar-refractivity contribution < 1.29 is 0 Å². The molecule has 3 nitrogen and oxygen atoms in total. The minimum absolute atomic E-state index is 0.791. The summed E-state index contributed by atoms with van der Waals surface area (Å²) in [7, 11) is 0. The van der Waals surface area contributed by atoms with Gasteiger partial charge in [0.25, 0.3) is 0 Å². The van der Waals surface area contributed by atoms with E-state index in [1.165, 1.54) is 63.0 Å². The first-order valence-electron chi connectivity index (χ1n) is 8.69. The number of hydrogen-bond acceptors (Lipinski definition) is 2. The molecular weight excluding hydrogens is 246 g/mol. The number of nitrogens with one attached hydrogen (secondary N) is 1. The van der Waals surface area contributed by atoms with Crippen LogP contribution in [0.1, 0.15) is 61.7 Å². The molecule has 0 atom stereocenters. The van der Waals surface area contributed by atoms with Crippen molar-refractivity contribution in [3.05, 3.63) is 17.2 Å². The van der Waals surface area contributed by atoms with E-state index in [1.807, 2.05) is 0 Å². The SMILES string of the molecule is C1Cc2c(nc(C3CC3)n2CC(C2CC2)C2CC2)CN1. The lowest BCUT2D eigenvalue weighted by Gasteiger charge is -2.22. The van der Waals surface area contributed by atoms with Gasteiger partial charge in [0.1, 0.15) is 5.82 Å². The van der Waals surface area contributed by atoms with Gasteiger partial charge < -0.3 is 9.88 Å². The van der Waals surface area contributed by atoms with Crippen LogP contribution >= 0.6 is 0 Å². The summed E-state index contributed by atoms with van der Waals surface area (Å²) in [6.45, 7) is 3.43. The standard InChI is InChI=1S/C17H25N3/c1-2-11(1)14(12-3-4-12)10-20-16-7-8-18-9-15(16)19-17(20)13-5-6-13/h11-14,18H,1-10H2. The fourth-order valence-corrected chi connectivity index (χ4v) is 4.19. The number of aromatic nitrogens is 2. The Morgan fingerprint density at radius 2 is 1.85 bits per heavy atom. The molecule has 3 aliphatic carbocycles. The van der Waals surface area contributed by atoms with Gasteiger partial charge in [0.15, 0.2) is 0 Å². The molecule has 1 aliphatic heterocycles. The first-order chi connectivity index (χ1) is 9.90. The smallest absolute Gasteiger partial charge is 0.112 e. The van der Waals surface area contributed by atoms with E-state index in [4.69, 9.17) is 4.98 Å². The Hall–Kier alpha value is -0.830. The first kappa shape index (κ1) is 11.8. The normalized spacial score (nSPS) is 26.1. The van der Waals surface area contributed by atoms with Crippen LogP contribution in [0.25, 0.3) is 0 Å². The molecule has 1 N–H and O–H groups in total. The topological polar surface area (TPSA) is 29.9 Å². The van der Waals surface area contributed by atoms with Crippen LogP contribution < -0.4 is 5.32 Å². The minimum atomic E-state index is 0.791. The zero-order valence-corrected chi connectivity index (χ0v) is 12.3. The zero-order chi connectivity index (χ0) is 13.1. The molecule has 3 fully saturated rings. The molecule has 0 amide bonds. The maximum Gasteiger partial charge on any atom is 0.112 e. The second kappa shape index (κ2) is 4.33. The monoisotopic (exact) mass is 271 g/mol. The summed E-state index contributed by atoms with van der Waals surface area (Å²) in [6, 6.07) is 0.